The van der Waals surface area contributed by atoms with Gasteiger partial charge in [-0.1, -0.05) is 55.5 Å². The molecule has 0 N–H and O–H groups in total. The molecule has 1 saturated carbocycles. The van der Waals surface area contributed by atoms with Crippen molar-refractivity contribution in [2.75, 3.05) is 0 Å². The van der Waals surface area contributed by atoms with Gasteiger partial charge in [-0.05, 0) is 43.7 Å². The molecule has 0 aliphatic heterocycles. The van der Waals surface area contributed by atoms with Crippen LogP contribution in [0.1, 0.15) is 70.3 Å². The van der Waals surface area contributed by atoms with Crippen molar-refractivity contribution in [1.29, 1.82) is 0 Å². The summed E-state index contributed by atoms with van der Waals surface area (Å²) in [6.45, 7) is 11.2. The molecule has 0 bridgehead atoms. The van der Waals surface area contributed by atoms with Gasteiger partial charge in [0, 0.05) is 5.92 Å². The van der Waals surface area contributed by atoms with E-state index < -0.39 is 0 Å². The normalized spacial score (nSPS) is 16.5. The predicted octanol–water partition coefficient (Wildman–Crippen LogP) is 5.47. The molecule has 0 saturated heterocycles. The molecule has 2 aromatic rings. The molecule has 112 valence electrons. The summed E-state index contributed by atoms with van der Waals surface area (Å²) in [6, 6.07) is 6.40. The monoisotopic (exact) mass is 394 g/mol. The maximum absolute atomic E-state index is 5.10. The lowest BCUT2D eigenvalue weighted by Gasteiger charge is -2.24. The Labute approximate surface area is 140 Å². The van der Waals surface area contributed by atoms with Gasteiger partial charge >= 0.3 is 0 Å². The van der Waals surface area contributed by atoms with E-state index in [1.807, 2.05) is 0 Å². The van der Waals surface area contributed by atoms with Crippen molar-refractivity contribution in [2.24, 2.45) is 0 Å². The fraction of sp³-hybridized carbons (Fsp3) is 0.556. The lowest BCUT2D eigenvalue weighted by Crippen LogP contribution is -2.17. The van der Waals surface area contributed by atoms with Gasteiger partial charge in [-0.15, -0.1) is 0 Å². The van der Waals surface area contributed by atoms with Crippen LogP contribution in [-0.2, 0) is 8.84 Å². The second-order valence-corrected chi connectivity index (χ2v) is 10.3. The third-order valence-electron chi connectivity index (χ3n) is 4.06. The number of benzene rings is 1. The molecule has 0 amide bonds. The molecule has 1 aliphatic rings. The lowest BCUT2D eigenvalue weighted by atomic mass is 9.86. The summed E-state index contributed by atoms with van der Waals surface area (Å²) >= 11 is 2.48. The van der Waals surface area contributed by atoms with Gasteiger partial charge in [0.25, 0.3) is 0 Å². The molecule has 1 heterocycles. The molecule has 3 rings (SSSR count). The van der Waals surface area contributed by atoms with Crippen LogP contribution in [-0.4, -0.2) is 9.97 Å². The van der Waals surface area contributed by atoms with Crippen molar-refractivity contribution in [3.05, 3.63) is 35.2 Å². The van der Waals surface area contributed by atoms with Gasteiger partial charge in [0.1, 0.15) is 0 Å². The van der Waals surface area contributed by atoms with E-state index in [1.54, 1.807) is 0 Å². The van der Waals surface area contributed by atoms with Crippen LogP contribution in [0.4, 0.5) is 0 Å². The highest BCUT2D eigenvalue weighted by Crippen LogP contribution is 2.45. The summed E-state index contributed by atoms with van der Waals surface area (Å²) < 4.78 is 0.0224. The highest BCUT2D eigenvalue weighted by molar-refractivity contribution is 14.1. The SMILES string of the molecule is CC(C)(C)c1cccc2nc(C(C)(C)I)c(C3CC3)nc12. The molecular weight excluding hydrogens is 371 g/mol. The highest BCUT2D eigenvalue weighted by atomic mass is 127. The number of hydrogen-bond donors (Lipinski definition) is 0. The Morgan fingerprint density at radius 1 is 1.05 bits per heavy atom. The van der Waals surface area contributed by atoms with Gasteiger partial charge in [-0.3, -0.25) is 0 Å². The first-order chi connectivity index (χ1) is 9.68. The molecule has 1 aromatic heterocycles. The molecule has 1 aromatic carbocycles. The van der Waals surface area contributed by atoms with E-state index in [0.717, 1.165) is 11.0 Å². The number of halogens is 1. The first-order valence-electron chi connectivity index (χ1n) is 7.68. The fourth-order valence-electron chi connectivity index (χ4n) is 2.77. The Hall–Kier alpha value is -0.710. The van der Waals surface area contributed by atoms with E-state index in [1.165, 1.54) is 29.8 Å². The Balaban J connectivity index is 2.31. The zero-order chi connectivity index (χ0) is 15.4. The molecule has 0 atom stereocenters. The van der Waals surface area contributed by atoms with Crippen LogP contribution in [0.5, 0.6) is 0 Å². The Morgan fingerprint density at radius 2 is 1.71 bits per heavy atom. The van der Waals surface area contributed by atoms with E-state index in [9.17, 15) is 0 Å². The first-order valence-corrected chi connectivity index (χ1v) is 8.76. The number of rotatable bonds is 2. The van der Waals surface area contributed by atoms with Crippen molar-refractivity contribution in [3.63, 3.8) is 0 Å². The smallest absolute Gasteiger partial charge is 0.0927 e. The van der Waals surface area contributed by atoms with Crippen molar-refractivity contribution in [1.82, 2.24) is 9.97 Å². The topological polar surface area (TPSA) is 25.8 Å². The minimum absolute atomic E-state index is 0.0224. The molecule has 2 nitrogen and oxygen atoms in total. The maximum atomic E-state index is 5.10. The number of aromatic nitrogens is 2. The summed E-state index contributed by atoms with van der Waals surface area (Å²) in [7, 11) is 0. The number of alkyl halides is 1. The van der Waals surface area contributed by atoms with Gasteiger partial charge < -0.3 is 0 Å². The summed E-state index contributed by atoms with van der Waals surface area (Å²) in [5.74, 6) is 0.624. The largest absolute Gasteiger partial charge is 0.249 e. The van der Waals surface area contributed by atoms with Crippen molar-refractivity contribution < 1.29 is 0 Å². The van der Waals surface area contributed by atoms with Gasteiger partial charge in [-0.2, -0.15) is 0 Å². The van der Waals surface area contributed by atoms with Gasteiger partial charge in [0.2, 0.25) is 0 Å². The number of fused-ring (bicyclic) bond motifs is 1. The van der Waals surface area contributed by atoms with Crippen LogP contribution >= 0.6 is 22.6 Å². The van der Waals surface area contributed by atoms with Crippen molar-refractivity contribution >= 4 is 33.6 Å². The molecule has 1 aliphatic carbocycles. The van der Waals surface area contributed by atoms with Crippen LogP contribution in [0.25, 0.3) is 11.0 Å². The van der Waals surface area contributed by atoms with Crippen molar-refractivity contribution in [2.45, 2.75) is 62.2 Å². The van der Waals surface area contributed by atoms with E-state index in [4.69, 9.17) is 9.97 Å². The van der Waals surface area contributed by atoms with Crippen LogP contribution in [0, 0.1) is 0 Å². The standard InChI is InChI=1S/C18H23IN2/c1-17(2,3)12-7-6-8-13-15(12)21-14(11-9-10-11)16(20-13)18(4,5)19/h6-8,11H,9-10H2,1-5H3. The van der Waals surface area contributed by atoms with Gasteiger partial charge in [0.05, 0.1) is 25.8 Å². The maximum Gasteiger partial charge on any atom is 0.0927 e. The number of nitrogens with zero attached hydrogens (tertiary/aromatic N) is 2. The second-order valence-electron chi connectivity index (χ2n) is 7.63. The predicted molar refractivity (Wildman–Crippen MR) is 97.3 cm³/mol. The third kappa shape index (κ3) is 2.94. The quantitative estimate of drug-likeness (QED) is 0.498. The molecule has 3 heteroatoms. The first kappa shape index (κ1) is 15.2. The Kier molecular flexibility index (Phi) is 3.55. The van der Waals surface area contributed by atoms with Crippen LogP contribution in [0.3, 0.4) is 0 Å². The van der Waals surface area contributed by atoms with Gasteiger partial charge in [0.15, 0.2) is 0 Å². The molecule has 0 spiro atoms. The van der Waals surface area contributed by atoms with E-state index >= 15 is 0 Å². The summed E-state index contributed by atoms with van der Waals surface area (Å²) in [4.78, 5) is 10.1. The van der Waals surface area contributed by atoms with Crippen molar-refractivity contribution in [3.8, 4) is 0 Å². The highest BCUT2D eigenvalue weighted by Gasteiger charge is 2.34. The lowest BCUT2D eigenvalue weighted by molar-refractivity contribution is 0.594. The average molecular weight is 394 g/mol. The van der Waals surface area contributed by atoms with Crippen LogP contribution in [0.15, 0.2) is 18.2 Å². The number of para-hydroxylation sites is 1. The molecule has 0 unspecified atom stereocenters. The Bertz CT molecular complexity index is 689. The van der Waals surface area contributed by atoms with E-state index in [2.05, 4.69) is 75.4 Å². The van der Waals surface area contributed by atoms with Crippen LogP contribution < -0.4 is 0 Å². The summed E-state index contributed by atoms with van der Waals surface area (Å²) in [5, 5.41) is 0. The molecular formula is C18H23IN2. The average Bonchev–Trinajstić information content (AvgIpc) is 3.18. The van der Waals surface area contributed by atoms with Gasteiger partial charge in [-0.25, -0.2) is 9.97 Å². The zero-order valence-corrected chi connectivity index (χ0v) is 15.7. The fourth-order valence-corrected chi connectivity index (χ4v) is 3.17. The second kappa shape index (κ2) is 4.90. The summed E-state index contributed by atoms with van der Waals surface area (Å²) in [5.41, 5.74) is 5.92. The molecule has 0 radical (unpaired) electrons. The molecule has 1 fully saturated rings. The van der Waals surface area contributed by atoms with E-state index in [0.29, 0.717) is 5.92 Å². The third-order valence-corrected chi connectivity index (χ3v) is 4.57. The minimum Gasteiger partial charge on any atom is -0.249 e. The Morgan fingerprint density at radius 3 is 2.24 bits per heavy atom. The minimum atomic E-state index is 0.0224. The zero-order valence-electron chi connectivity index (χ0n) is 13.5. The summed E-state index contributed by atoms with van der Waals surface area (Å²) in [6.07, 6.45) is 2.52. The number of hydrogen-bond acceptors (Lipinski definition) is 2. The van der Waals surface area contributed by atoms with E-state index in [-0.39, 0.29) is 8.84 Å². The molecule has 21 heavy (non-hydrogen) atoms. The van der Waals surface area contributed by atoms with Crippen LogP contribution in [0.2, 0.25) is 0 Å².